The highest BCUT2D eigenvalue weighted by atomic mass is 16.5. The molecule has 0 aliphatic rings. The van der Waals surface area contributed by atoms with Crippen molar-refractivity contribution in [2.24, 2.45) is 0 Å². The first-order valence-corrected chi connectivity index (χ1v) is 7.17. The molecule has 0 heterocycles. The van der Waals surface area contributed by atoms with Gasteiger partial charge in [-0.1, -0.05) is 19.1 Å². The highest BCUT2D eigenvalue weighted by Crippen LogP contribution is 2.19. The van der Waals surface area contributed by atoms with Gasteiger partial charge >= 0.3 is 0 Å². The summed E-state index contributed by atoms with van der Waals surface area (Å²) in [7, 11) is 0. The number of nitrogens with two attached hydrogens (primary N) is 1. The van der Waals surface area contributed by atoms with Crippen molar-refractivity contribution in [3.05, 3.63) is 29.3 Å². The molecule has 1 atom stereocenters. The van der Waals surface area contributed by atoms with Gasteiger partial charge in [-0.05, 0) is 57.2 Å². The molecule has 2 N–H and O–H groups in total. The van der Waals surface area contributed by atoms with Crippen LogP contribution in [0.3, 0.4) is 0 Å². The molecule has 102 valence electrons. The van der Waals surface area contributed by atoms with Gasteiger partial charge in [0, 0.05) is 0 Å². The SMILES string of the molecule is CC[C@@H](C)[NH2+]CCCCOc1cc(C)ccc1C. The van der Waals surface area contributed by atoms with E-state index in [1.54, 1.807) is 0 Å². The summed E-state index contributed by atoms with van der Waals surface area (Å²) in [5, 5.41) is 2.43. The van der Waals surface area contributed by atoms with E-state index in [2.05, 4.69) is 51.2 Å². The van der Waals surface area contributed by atoms with Crippen LogP contribution in [-0.4, -0.2) is 19.2 Å². The molecule has 0 spiro atoms. The van der Waals surface area contributed by atoms with Crippen molar-refractivity contribution < 1.29 is 10.1 Å². The maximum atomic E-state index is 5.84. The summed E-state index contributed by atoms with van der Waals surface area (Å²) in [5.74, 6) is 1.04. The van der Waals surface area contributed by atoms with Gasteiger partial charge in [0.25, 0.3) is 0 Å². The number of hydrogen-bond acceptors (Lipinski definition) is 1. The largest absolute Gasteiger partial charge is 0.493 e. The van der Waals surface area contributed by atoms with Crippen LogP contribution in [-0.2, 0) is 0 Å². The summed E-state index contributed by atoms with van der Waals surface area (Å²) in [5.41, 5.74) is 2.49. The highest BCUT2D eigenvalue weighted by Gasteiger charge is 2.01. The van der Waals surface area contributed by atoms with Gasteiger partial charge in [0.05, 0.1) is 19.2 Å². The third kappa shape index (κ3) is 5.54. The standard InChI is InChI=1S/C16H27NO/c1-5-15(4)17-10-6-7-11-18-16-12-13(2)8-9-14(16)3/h8-9,12,15,17H,5-7,10-11H2,1-4H3/p+1/t15-/m1/s1. The lowest BCUT2D eigenvalue weighted by atomic mass is 10.1. The van der Waals surface area contributed by atoms with Crippen LogP contribution in [0.15, 0.2) is 18.2 Å². The number of ether oxygens (including phenoxy) is 1. The van der Waals surface area contributed by atoms with E-state index >= 15 is 0 Å². The number of benzene rings is 1. The van der Waals surface area contributed by atoms with Crippen molar-refractivity contribution in [2.75, 3.05) is 13.2 Å². The summed E-state index contributed by atoms with van der Waals surface area (Å²) < 4.78 is 5.84. The zero-order valence-corrected chi connectivity index (χ0v) is 12.3. The fourth-order valence-electron chi connectivity index (χ4n) is 1.86. The minimum atomic E-state index is 0.755. The van der Waals surface area contributed by atoms with Crippen LogP contribution < -0.4 is 10.1 Å². The molecule has 1 rings (SSSR count). The number of rotatable bonds is 8. The summed E-state index contributed by atoms with van der Waals surface area (Å²) in [6.45, 7) is 10.8. The Bertz CT molecular complexity index is 349. The van der Waals surface area contributed by atoms with Crippen LogP contribution in [0.4, 0.5) is 0 Å². The third-order valence-electron chi connectivity index (χ3n) is 3.41. The van der Waals surface area contributed by atoms with Crippen molar-refractivity contribution >= 4 is 0 Å². The van der Waals surface area contributed by atoms with Crippen LogP contribution in [0.1, 0.15) is 44.2 Å². The molecule has 2 nitrogen and oxygen atoms in total. The van der Waals surface area contributed by atoms with Gasteiger partial charge in [0.15, 0.2) is 0 Å². The second-order valence-electron chi connectivity index (χ2n) is 5.23. The zero-order chi connectivity index (χ0) is 13.4. The summed E-state index contributed by atoms with van der Waals surface area (Å²) in [4.78, 5) is 0. The normalized spacial score (nSPS) is 12.4. The number of unbranched alkanes of at least 4 members (excludes halogenated alkanes) is 1. The van der Waals surface area contributed by atoms with Crippen molar-refractivity contribution in [3.63, 3.8) is 0 Å². The Morgan fingerprint density at radius 1 is 1.22 bits per heavy atom. The van der Waals surface area contributed by atoms with Gasteiger partial charge in [0.2, 0.25) is 0 Å². The lowest BCUT2D eigenvalue weighted by molar-refractivity contribution is -0.686. The van der Waals surface area contributed by atoms with Gasteiger partial charge in [0.1, 0.15) is 5.75 Å². The zero-order valence-electron chi connectivity index (χ0n) is 12.3. The van der Waals surface area contributed by atoms with Crippen LogP contribution in [0, 0.1) is 13.8 Å². The minimum absolute atomic E-state index is 0.755. The van der Waals surface area contributed by atoms with E-state index in [0.29, 0.717) is 0 Å². The molecule has 0 amide bonds. The molecule has 0 unspecified atom stereocenters. The van der Waals surface area contributed by atoms with E-state index in [1.165, 1.54) is 30.5 Å². The Kier molecular flexibility index (Phi) is 6.81. The highest BCUT2D eigenvalue weighted by molar-refractivity contribution is 5.35. The fraction of sp³-hybridized carbons (Fsp3) is 0.625. The molecule has 2 heteroatoms. The van der Waals surface area contributed by atoms with E-state index in [9.17, 15) is 0 Å². The smallest absolute Gasteiger partial charge is 0.122 e. The van der Waals surface area contributed by atoms with E-state index < -0.39 is 0 Å². The summed E-state index contributed by atoms with van der Waals surface area (Å²) in [6, 6.07) is 7.13. The molecule has 0 radical (unpaired) electrons. The lowest BCUT2D eigenvalue weighted by Crippen LogP contribution is -2.89. The Balaban J connectivity index is 2.16. The maximum absolute atomic E-state index is 5.84. The monoisotopic (exact) mass is 250 g/mol. The molecule has 1 aromatic rings. The first-order chi connectivity index (χ1) is 8.63. The second kappa shape index (κ2) is 8.15. The van der Waals surface area contributed by atoms with Crippen LogP contribution in [0.5, 0.6) is 5.75 Å². The quantitative estimate of drug-likeness (QED) is 0.705. The topological polar surface area (TPSA) is 25.8 Å². The molecule has 1 aromatic carbocycles. The number of quaternary nitrogens is 1. The van der Waals surface area contributed by atoms with Crippen LogP contribution in [0.25, 0.3) is 0 Å². The summed E-state index contributed by atoms with van der Waals surface area (Å²) >= 11 is 0. The Labute approximate surface area is 112 Å². The second-order valence-corrected chi connectivity index (χ2v) is 5.23. The molecule has 0 aliphatic heterocycles. The first kappa shape index (κ1) is 15.0. The van der Waals surface area contributed by atoms with E-state index in [0.717, 1.165) is 24.8 Å². The molecule has 0 saturated carbocycles. The number of hydrogen-bond donors (Lipinski definition) is 1. The van der Waals surface area contributed by atoms with E-state index in [4.69, 9.17) is 4.74 Å². The Hall–Kier alpha value is -1.02. The van der Waals surface area contributed by atoms with Crippen LogP contribution in [0.2, 0.25) is 0 Å². The van der Waals surface area contributed by atoms with Crippen LogP contribution >= 0.6 is 0 Å². The van der Waals surface area contributed by atoms with Gasteiger partial charge < -0.3 is 10.1 Å². The molecule has 18 heavy (non-hydrogen) atoms. The fourth-order valence-corrected chi connectivity index (χ4v) is 1.86. The molecular formula is C16H28NO+. The van der Waals surface area contributed by atoms with Crippen molar-refractivity contribution in [1.82, 2.24) is 0 Å². The number of aryl methyl sites for hydroxylation is 2. The minimum Gasteiger partial charge on any atom is -0.493 e. The molecule has 0 aromatic heterocycles. The predicted molar refractivity (Wildman–Crippen MR) is 77.2 cm³/mol. The molecule has 0 bridgehead atoms. The van der Waals surface area contributed by atoms with E-state index in [-0.39, 0.29) is 0 Å². The van der Waals surface area contributed by atoms with Crippen molar-refractivity contribution in [1.29, 1.82) is 0 Å². The molecule has 0 saturated heterocycles. The molecular weight excluding hydrogens is 222 g/mol. The van der Waals surface area contributed by atoms with Gasteiger partial charge in [-0.25, -0.2) is 0 Å². The average Bonchev–Trinajstić information content (AvgIpc) is 2.37. The van der Waals surface area contributed by atoms with E-state index in [1.807, 2.05) is 0 Å². The lowest BCUT2D eigenvalue weighted by Gasteiger charge is -2.10. The molecule has 0 fully saturated rings. The summed E-state index contributed by atoms with van der Waals surface area (Å²) in [6.07, 6.45) is 3.62. The van der Waals surface area contributed by atoms with Crippen molar-refractivity contribution in [3.8, 4) is 5.75 Å². The van der Waals surface area contributed by atoms with Crippen molar-refractivity contribution in [2.45, 2.75) is 53.0 Å². The first-order valence-electron chi connectivity index (χ1n) is 7.17. The average molecular weight is 250 g/mol. The van der Waals surface area contributed by atoms with Gasteiger partial charge in [-0.15, -0.1) is 0 Å². The predicted octanol–water partition coefficient (Wildman–Crippen LogP) is 2.82. The van der Waals surface area contributed by atoms with Gasteiger partial charge in [-0.3, -0.25) is 0 Å². The Morgan fingerprint density at radius 3 is 2.72 bits per heavy atom. The Morgan fingerprint density at radius 2 is 2.00 bits per heavy atom. The van der Waals surface area contributed by atoms with Gasteiger partial charge in [-0.2, -0.15) is 0 Å². The third-order valence-corrected chi connectivity index (χ3v) is 3.41. The molecule has 0 aliphatic carbocycles. The maximum Gasteiger partial charge on any atom is 0.122 e.